The Hall–Kier alpha value is -3.10. The second kappa shape index (κ2) is 7.79. The third kappa shape index (κ3) is 3.40. The number of halogens is 2. The normalized spacial score (nSPS) is 24.5. The predicted octanol–water partition coefficient (Wildman–Crippen LogP) is 3.56. The molecule has 1 amide bonds. The van der Waals surface area contributed by atoms with Crippen LogP contribution in [-0.2, 0) is 4.84 Å². The number of oxime groups is 1. The van der Waals surface area contributed by atoms with Crippen LogP contribution in [0.15, 0.2) is 23.4 Å². The molecule has 3 atom stereocenters. The lowest BCUT2D eigenvalue weighted by Gasteiger charge is -2.53. The van der Waals surface area contributed by atoms with Gasteiger partial charge in [-0.15, -0.1) is 0 Å². The molecule has 32 heavy (non-hydrogen) atoms. The number of benzene rings is 1. The third-order valence-corrected chi connectivity index (χ3v) is 6.69. The van der Waals surface area contributed by atoms with E-state index in [-0.39, 0.29) is 17.5 Å². The van der Waals surface area contributed by atoms with Gasteiger partial charge in [-0.05, 0) is 39.3 Å². The van der Waals surface area contributed by atoms with Crippen LogP contribution in [0.25, 0.3) is 0 Å². The topological polar surface area (TPSA) is 70.9 Å². The Bertz CT molecular complexity index is 1100. The Morgan fingerprint density at radius 1 is 1.12 bits per heavy atom. The van der Waals surface area contributed by atoms with E-state index >= 15 is 0 Å². The van der Waals surface area contributed by atoms with Crippen LogP contribution < -0.4 is 4.90 Å². The Labute approximate surface area is 185 Å². The Morgan fingerprint density at radius 2 is 1.88 bits per heavy atom. The van der Waals surface area contributed by atoms with Gasteiger partial charge in [0.15, 0.2) is 11.9 Å². The van der Waals surface area contributed by atoms with E-state index < -0.39 is 17.7 Å². The Balaban J connectivity index is 1.37. The number of aromatic nitrogens is 2. The first-order valence-corrected chi connectivity index (χ1v) is 10.9. The van der Waals surface area contributed by atoms with Crippen molar-refractivity contribution in [2.45, 2.75) is 45.8 Å². The lowest BCUT2D eigenvalue weighted by atomic mass is 9.81. The number of likely N-dealkylation sites (tertiary alicyclic amines) is 1. The molecule has 1 unspecified atom stereocenters. The number of anilines is 1. The van der Waals surface area contributed by atoms with Crippen molar-refractivity contribution in [1.82, 2.24) is 14.9 Å². The van der Waals surface area contributed by atoms with Crippen LogP contribution >= 0.6 is 0 Å². The van der Waals surface area contributed by atoms with Gasteiger partial charge >= 0.3 is 0 Å². The number of fused-ring (bicyclic) bond motifs is 1. The summed E-state index contributed by atoms with van der Waals surface area (Å²) in [5.41, 5.74) is 1.99. The summed E-state index contributed by atoms with van der Waals surface area (Å²) in [4.78, 5) is 31.3. The Morgan fingerprint density at radius 3 is 2.56 bits per heavy atom. The predicted molar refractivity (Wildman–Crippen MR) is 115 cm³/mol. The highest BCUT2D eigenvalue weighted by molar-refractivity contribution is 5.97. The molecule has 0 saturated carbocycles. The van der Waals surface area contributed by atoms with Crippen LogP contribution in [0, 0.1) is 31.4 Å². The van der Waals surface area contributed by atoms with E-state index in [1.807, 2.05) is 11.8 Å². The van der Waals surface area contributed by atoms with Gasteiger partial charge in [0, 0.05) is 43.1 Å². The number of nitrogens with zero attached hydrogens (tertiary/aromatic N) is 5. The molecule has 9 heteroatoms. The van der Waals surface area contributed by atoms with Crippen LogP contribution in [0.3, 0.4) is 0 Å². The Kier molecular flexibility index (Phi) is 5.06. The maximum atomic E-state index is 14.7. The van der Waals surface area contributed by atoms with Crippen LogP contribution in [0.2, 0.25) is 0 Å². The summed E-state index contributed by atoms with van der Waals surface area (Å²) in [6.45, 7) is 7.03. The van der Waals surface area contributed by atoms with Gasteiger partial charge in [-0.25, -0.2) is 18.7 Å². The van der Waals surface area contributed by atoms with Crippen LogP contribution in [0.1, 0.15) is 53.2 Å². The molecule has 0 N–H and O–H groups in total. The number of hydrogen-bond acceptors (Lipinski definition) is 6. The van der Waals surface area contributed by atoms with E-state index in [1.54, 1.807) is 30.9 Å². The summed E-state index contributed by atoms with van der Waals surface area (Å²) >= 11 is 0. The van der Waals surface area contributed by atoms with Crippen molar-refractivity contribution in [1.29, 1.82) is 0 Å². The number of amides is 1. The smallest absolute Gasteiger partial charge is 0.254 e. The molecule has 0 spiro atoms. The van der Waals surface area contributed by atoms with Gasteiger partial charge in [0.1, 0.15) is 5.82 Å². The molecule has 0 aliphatic carbocycles. The van der Waals surface area contributed by atoms with Crippen molar-refractivity contribution in [3.8, 4) is 0 Å². The minimum absolute atomic E-state index is 0.0240. The van der Waals surface area contributed by atoms with Crippen molar-refractivity contribution < 1.29 is 18.4 Å². The number of carbonyl (C=O) groups is 1. The fraction of sp³-hybridized carbons (Fsp3) is 0.478. The largest absolute Gasteiger partial charge is 0.387 e. The standard InChI is InChI=1S/C23H25F2N5O2/c1-12-9-19(32-28-12)20-16(5-4-6-17(20)24)22(31)30-10-15-7-8-29(11-18(15)30)23-26-13(2)21(25)14(3)27-23/h4-6,15,18-19H,7-11H2,1-3H3/t15-,18-,19?/m1/s1. The molecule has 2 fully saturated rings. The molecule has 3 aliphatic rings. The number of carbonyl (C=O) groups excluding carboxylic acids is 1. The number of aryl methyl sites for hydroxylation is 2. The number of hydrogen-bond donors (Lipinski definition) is 0. The van der Waals surface area contributed by atoms with E-state index in [4.69, 9.17) is 4.84 Å². The van der Waals surface area contributed by atoms with Crippen LogP contribution in [-0.4, -0.2) is 52.2 Å². The quantitative estimate of drug-likeness (QED) is 0.729. The molecule has 0 radical (unpaired) electrons. The van der Waals surface area contributed by atoms with E-state index in [2.05, 4.69) is 15.1 Å². The second-order valence-corrected chi connectivity index (χ2v) is 8.85. The summed E-state index contributed by atoms with van der Waals surface area (Å²) in [5.74, 6) is -0.196. The number of piperidine rings is 1. The highest BCUT2D eigenvalue weighted by Gasteiger charge is 2.46. The van der Waals surface area contributed by atoms with Gasteiger partial charge in [0.25, 0.3) is 5.91 Å². The summed E-state index contributed by atoms with van der Waals surface area (Å²) < 4.78 is 28.7. The van der Waals surface area contributed by atoms with Gasteiger partial charge < -0.3 is 14.6 Å². The third-order valence-electron chi connectivity index (χ3n) is 6.69. The monoisotopic (exact) mass is 441 g/mol. The van der Waals surface area contributed by atoms with Crippen molar-refractivity contribution in [3.63, 3.8) is 0 Å². The lowest BCUT2D eigenvalue weighted by Crippen LogP contribution is -2.66. The van der Waals surface area contributed by atoms with Crippen molar-refractivity contribution in [2.24, 2.45) is 11.1 Å². The number of rotatable bonds is 3. The van der Waals surface area contributed by atoms with Gasteiger partial charge in [0.2, 0.25) is 5.95 Å². The zero-order chi connectivity index (χ0) is 22.6. The summed E-state index contributed by atoms with van der Waals surface area (Å²) in [6.07, 6.45) is 0.762. The molecule has 3 aliphatic heterocycles. The first kappa shape index (κ1) is 20.8. The zero-order valence-electron chi connectivity index (χ0n) is 18.3. The molecule has 168 valence electrons. The van der Waals surface area contributed by atoms with Crippen LogP contribution in [0.5, 0.6) is 0 Å². The molecule has 0 bridgehead atoms. The SMILES string of the molecule is CC1=NOC(c2c(F)cccc2C(=O)N2C[C@H]3CCN(c4nc(C)c(F)c(C)n4)C[C@H]32)C1. The first-order chi connectivity index (χ1) is 15.3. The van der Waals surface area contributed by atoms with E-state index in [0.717, 1.165) is 18.7 Å². The van der Waals surface area contributed by atoms with Gasteiger partial charge in [-0.1, -0.05) is 11.2 Å². The maximum Gasteiger partial charge on any atom is 0.254 e. The summed E-state index contributed by atoms with van der Waals surface area (Å²) in [6, 6.07) is 4.53. The van der Waals surface area contributed by atoms with Crippen LogP contribution in [0.4, 0.5) is 14.7 Å². The molecule has 2 saturated heterocycles. The highest BCUT2D eigenvalue weighted by Crippen LogP contribution is 2.37. The average Bonchev–Trinajstić information content (AvgIpc) is 3.18. The van der Waals surface area contributed by atoms with E-state index in [9.17, 15) is 13.6 Å². The van der Waals surface area contributed by atoms with Gasteiger partial charge in [-0.2, -0.15) is 0 Å². The minimum atomic E-state index is -0.589. The molecule has 1 aromatic carbocycles. The molecule has 1 aromatic heterocycles. The molecular formula is C23H25F2N5O2. The van der Waals surface area contributed by atoms with Crippen molar-refractivity contribution in [3.05, 3.63) is 52.3 Å². The highest BCUT2D eigenvalue weighted by atomic mass is 19.1. The summed E-state index contributed by atoms with van der Waals surface area (Å²) in [5, 5.41) is 3.92. The maximum absolute atomic E-state index is 14.7. The average molecular weight is 441 g/mol. The first-order valence-electron chi connectivity index (χ1n) is 10.9. The second-order valence-electron chi connectivity index (χ2n) is 8.85. The molecule has 7 nitrogen and oxygen atoms in total. The van der Waals surface area contributed by atoms with Crippen molar-refractivity contribution >= 4 is 17.6 Å². The fourth-order valence-corrected chi connectivity index (χ4v) is 4.89. The van der Waals surface area contributed by atoms with Crippen molar-refractivity contribution in [2.75, 3.05) is 24.5 Å². The lowest BCUT2D eigenvalue weighted by molar-refractivity contribution is 0.00691. The van der Waals surface area contributed by atoms with Gasteiger partial charge in [-0.3, -0.25) is 4.79 Å². The van der Waals surface area contributed by atoms with Gasteiger partial charge in [0.05, 0.1) is 23.1 Å². The summed E-state index contributed by atoms with van der Waals surface area (Å²) in [7, 11) is 0. The molecular weight excluding hydrogens is 416 g/mol. The minimum Gasteiger partial charge on any atom is -0.387 e. The van der Waals surface area contributed by atoms with E-state index in [0.29, 0.717) is 48.3 Å². The van der Waals surface area contributed by atoms with E-state index in [1.165, 1.54) is 6.07 Å². The zero-order valence-corrected chi connectivity index (χ0v) is 18.3. The molecule has 2 aromatic rings. The molecule has 4 heterocycles. The molecule has 5 rings (SSSR count). The fourth-order valence-electron chi connectivity index (χ4n) is 4.89.